The van der Waals surface area contributed by atoms with E-state index in [1.165, 1.54) is 6.20 Å². The van der Waals surface area contributed by atoms with Gasteiger partial charge in [0.15, 0.2) is 5.78 Å². The van der Waals surface area contributed by atoms with Crippen LogP contribution in [0.25, 0.3) is 0 Å². The number of Topliss-reactive ketones (excluding diaryl/α,β-unsaturated/α-hetero) is 1. The maximum Gasteiger partial charge on any atom is 0.340 e. The molecule has 5 nitrogen and oxygen atoms in total. The third-order valence-corrected chi connectivity index (χ3v) is 2.25. The summed E-state index contributed by atoms with van der Waals surface area (Å²) in [7, 11) is 0. The highest BCUT2D eigenvalue weighted by Gasteiger charge is 2.25. The highest BCUT2D eigenvalue weighted by molar-refractivity contribution is 6.16. The Bertz CT molecular complexity index is 285. The third-order valence-electron chi connectivity index (χ3n) is 2.25. The number of carbonyl (C=O) groups is 2. The van der Waals surface area contributed by atoms with Gasteiger partial charge in [0.1, 0.15) is 5.57 Å². The lowest BCUT2D eigenvalue weighted by atomic mass is 10.1. The topological polar surface area (TPSA) is 77.8 Å². The van der Waals surface area contributed by atoms with Gasteiger partial charge in [0.2, 0.25) is 0 Å². The smallest absolute Gasteiger partial charge is 0.340 e. The number of aliphatic carboxylic acids is 1. The lowest BCUT2D eigenvalue weighted by Gasteiger charge is -2.29. The molecule has 1 atom stereocenters. The molecule has 14 heavy (non-hydrogen) atoms. The Balaban J connectivity index is 2.85. The van der Waals surface area contributed by atoms with E-state index in [0.717, 1.165) is 0 Å². The first-order chi connectivity index (χ1) is 6.56. The molecule has 1 heterocycles. The van der Waals surface area contributed by atoms with Crippen LogP contribution in [0.5, 0.6) is 0 Å². The van der Waals surface area contributed by atoms with Crippen molar-refractivity contribution < 1.29 is 19.8 Å². The Kier molecular flexibility index (Phi) is 3.24. The summed E-state index contributed by atoms with van der Waals surface area (Å²) in [6, 6.07) is -0.155. The van der Waals surface area contributed by atoms with E-state index in [2.05, 4.69) is 0 Å². The van der Waals surface area contributed by atoms with Crippen LogP contribution in [0.4, 0.5) is 0 Å². The molecule has 0 saturated heterocycles. The van der Waals surface area contributed by atoms with Crippen molar-refractivity contribution in [3.63, 3.8) is 0 Å². The number of rotatable bonds is 3. The van der Waals surface area contributed by atoms with Crippen LogP contribution in [0, 0.1) is 0 Å². The van der Waals surface area contributed by atoms with Gasteiger partial charge in [-0.15, -0.1) is 0 Å². The SMILES string of the molecule is C[C@@H](CO)N1C=C(C(=O)O)C(=O)CC1. The fourth-order valence-electron chi connectivity index (χ4n) is 1.29. The molecule has 0 fully saturated rings. The summed E-state index contributed by atoms with van der Waals surface area (Å²) in [4.78, 5) is 23.5. The minimum atomic E-state index is -1.20. The van der Waals surface area contributed by atoms with E-state index in [0.29, 0.717) is 6.54 Å². The number of ketones is 1. The van der Waals surface area contributed by atoms with Crippen LogP contribution in [0.15, 0.2) is 11.8 Å². The van der Waals surface area contributed by atoms with E-state index < -0.39 is 5.97 Å². The molecule has 0 unspecified atom stereocenters. The van der Waals surface area contributed by atoms with Crippen LogP contribution in [-0.4, -0.2) is 46.1 Å². The Morgan fingerprint density at radius 1 is 1.71 bits per heavy atom. The Morgan fingerprint density at radius 3 is 2.86 bits per heavy atom. The monoisotopic (exact) mass is 199 g/mol. The zero-order valence-electron chi connectivity index (χ0n) is 7.93. The maximum atomic E-state index is 11.2. The fourth-order valence-corrected chi connectivity index (χ4v) is 1.29. The van der Waals surface area contributed by atoms with Gasteiger partial charge in [-0.3, -0.25) is 4.79 Å². The fraction of sp³-hybridized carbons (Fsp3) is 0.556. The van der Waals surface area contributed by atoms with Gasteiger partial charge in [0, 0.05) is 25.2 Å². The second-order valence-corrected chi connectivity index (χ2v) is 3.29. The standard InChI is InChI=1S/C9H13NO4/c1-6(5-11)10-3-2-8(12)7(4-10)9(13)14/h4,6,11H,2-3,5H2,1H3,(H,13,14)/t6-/m0/s1. The molecule has 1 rings (SSSR count). The number of aliphatic hydroxyl groups is 1. The molecule has 0 aromatic carbocycles. The summed E-state index contributed by atoms with van der Waals surface area (Å²) in [6.45, 7) is 2.18. The molecular weight excluding hydrogens is 186 g/mol. The molecule has 0 amide bonds. The molecule has 0 spiro atoms. The molecule has 1 aliphatic heterocycles. The lowest BCUT2D eigenvalue weighted by molar-refractivity contribution is -0.135. The van der Waals surface area contributed by atoms with E-state index in [9.17, 15) is 9.59 Å². The largest absolute Gasteiger partial charge is 0.478 e. The van der Waals surface area contributed by atoms with Gasteiger partial charge in [0.05, 0.1) is 6.61 Å². The predicted octanol–water partition coefficient (Wildman–Crippen LogP) is -0.389. The first-order valence-corrected chi connectivity index (χ1v) is 4.41. The van der Waals surface area contributed by atoms with Gasteiger partial charge < -0.3 is 15.1 Å². The molecule has 0 aromatic rings. The van der Waals surface area contributed by atoms with Gasteiger partial charge in [-0.05, 0) is 6.92 Å². The Labute approximate surface area is 81.6 Å². The zero-order chi connectivity index (χ0) is 10.7. The third kappa shape index (κ3) is 2.11. The first-order valence-electron chi connectivity index (χ1n) is 4.41. The average molecular weight is 199 g/mol. The maximum absolute atomic E-state index is 11.2. The number of nitrogens with zero attached hydrogens (tertiary/aromatic N) is 1. The summed E-state index contributed by atoms with van der Waals surface area (Å²) < 4.78 is 0. The molecule has 5 heteroatoms. The van der Waals surface area contributed by atoms with Crippen LogP contribution in [0.3, 0.4) is 0 Å². The quantitative estimate of drug-likeness (QED) is 0.605. The average Bonchev–Trinajstić information content (AvgIpc) is 2.17. The summed E-state index contributed by atoms with van der Waals surface area (Å²) in [6.07, 6.45) is 1.51. The number of carboxylic acid groups (broad SMARTS) is 1. The van der Waals surface area contributed by atoms with Crippen molar-refractivity contribution in [2.75, 3.05) is 13.2 Å². The second-order valence-electron chi connectivity index (χ2n) is 3.29. The van der Waals surface area contributed by atoms with E-state index >= 15 is 0 Å². The van der Waals surface area contributed by atoms with Crippen molar-refractivity contribution in [3.05, 3.63) is 11.8 Å². The summed E-state index contributed by atoms with van der Waals surface area (Å²) in [5.41, 5.74) is -0.198. The van der Waals surface area contributed by atoms with Gasteiger partial charge in [-0.1, -0.05) is 0 Å². The van der Waals surface area contributed by atoms with Gasteiger partial charge >= 0.3 is 5.97 Å². The van der Waals surface area contributed by atoms with Crippen molar-refractivity contribution in [1.82, 2.24) is 4.90 Å². The Hall–Kier alpha value is -1.36. The van der Waals surface area contributed by atoms with E-state index in [4.69, 9.17) is 10.2 Å². The van der Waals surface area contributed by atoms with E-state index in [-0.39, 0.29) is 30.4 Å². The second kappa shape index (κ2) is 4.23. The predicted molar refractivity (Wildman–Crippen MR) is 48.6 cm³/mol. The molecule has 78 valence electrons. The van der Waals surface area contributed by atoms with Crippen LogP contribution >= 0.6 is 0 Å². The van der Waals surface area contributed by atoms with Crippen LogP contribution < -0.4 is 0 Å². The molecule has 0 aromatic heterocycles. The number of carboxylic acids is 1. The molecular formula is C9H13NO4. The minimum absolute atomic E-state index is 0.0579. The number of hydrogen-bond donors (Lipinski definition) is 2. The van der Waals surface area contributed by atoms with E-state index in [1.54, 1.807) is 11.8 Å². The van der Waals surface area contributed by atoms with Crippen molar-refractivity contribution in [2.45, 2.75) is 19.4 Å². The normalized spacial score (nSPS) is 19.1. The van der Waals surface area contributed by atoms with E-state index in [1.807, 2.05) is 0 Å². The van der Waals surface area contributed by atoms with Gasteiger partial charge in [-0.25, -0.2) is 4.79 Å². The van der Waals surface area contributed by atoms with Gasteiger partial charge in [0.25, 0.3) is 0 Å². The molecule has 0 bridgehead atoms. The zero-order valence-corrected chi connectivity index (χ0v) is 7.93. The summed E-state index contributed by atoms with van der Waals surface area (Å²) >= 11 is 0. The molecule has 1 aliphatic rings. The van der Waals surface area contributed by atoms with Crippen molar-refractivity contribution >= 4 is 11.8 Å². The molecule has 0 aliphatic carbocycles. The molecule has 0 radical (unpaired) electrons. The highest BCUT2D eigenvalue weighted by Crippen LogP contribution is 2.13. The summed E-state index contributed by atoms with van der Waals surface area (Å²) in [5, 5.41) is 17.6. The molecule has 0 saturated carbocycles. The highest BCUT2D eigenvalue weighted by atomic mass is 16.4. The summed E-state index contributed by atoms with van der Waals surface area (Å²) in [5.74, 6) is -1.55. The molecule has 2 N–H and O–H groups in total. The van der Waals surface area contributed by atoms with Crippen molar-refractivity contribution in [2.24, 2.45) is 0 Å². The number of aliphatic hydroxyl groups excluding tert-OH is 1. The van der Waals surface area contributed by atoms with Crippen LogP contribution in [0.2, 0.25) is 0 Å². The first kappa shape index (κ1) is 10.7. The van der Waals surface area contributed by atoms with Gasteiger partial charge in [-0.2, -0.15) is 0 Å². The Morgan fingerprint density at radius 2 is 2.36 bits per heavy atom. The van der Waals surface area contributed by atoms with Crippen LogP contribution in [0.1, 0.15) is 13.3 Å². The van der Waals surface area contributed by atoms with Crippen molar-refractivity contribution in [1.29, 1.82) is 0 Å². The van der Waals surface area contributed by atoms with Crippen LogP contribution in [-0.2, 0) is 9.59 Å². The number of carbonyl (C=O) groups excluding carboxylic acids is 1. The van der Waals surface area contributed by atoms with Crippen molar-refractivity contribution in [3.8, 4) is 0 Å². The lowest BCUT2D eigenvalue weighted by Crippen LogP contribution is -2.37. The minimum Gasteiger partial charge on any atom is -0.478 e. The number of hydrogen-bond acceptors (Lipinski definition) is 4.